The van der Waals surface area contributed by atoms with Crippen molar-refractivity contribution >= 4 is 18.5 Å². The number of nitrogens with two attached hydrogens (primary N) is 1. The Morgan fingerprint density at radius 3 is 2.24 bits per heavy atom. The molecule has 1 aromatic heterocycles. The maximum absolute atomic E-state index is 11.0. The number of aromatic amines is 1. The van der Waals surface area contributed by atoms with Crippen molar-refractivity contribution in [3.05, 3.63) is 18.0 Å². The summed E-state index contributed by atoms with van der Waals surface area (Å²) in [5, 5.41) is 0. The first kappa shape index (κ1) is 12.2. The molecule has 0 unspecified atom stereocenters. The van der Waals surface area contributed by atoms with Crippen molar-refractivity contribution in [2.45, 2.75) is 38.9 Å². The van der Waals surface area contributed by atoms with E-state index >= 15 is 0 Å². The smallest absolute Gasteiger partial charge is 0.399 e. The Morgan fingerprint density at radius 1 is 1.29 bits per heavy atom. The lowest BCUT2D eigenvalue weighted by atomic mass is 9.81. The first-order valence-electron chi connectivity index (χ1n) is 5.57. The van der Waals surface area contributed by atoms with Crippen LogP contribution in [-0.4, -0.2) is 29.2 Å². The van der Waals surface area contributed by atoms with Crippen LogP contribution in [0.15, 0.2) is 12.3 Å². The molecule has 5 nitrogen and oxygen atoms in total. The van der Waals surface area contributed by atoms with Crippen molar-refractivity contribution < 1.29 is 14.1 Å². The maximum atomic E-state index is 11.0. The lowest BCUT2D eigenvalue weighted by Crippen LogP contribution is -2.41. The summed E-state index contributed by atoms with van der Waals surface area (Å²) in [6, 6.07) is 1.66. The molecule has 0 radical (unpaired) electrons. The number of primary amides is 1. The normalized spacial score (nSPS) is 21.8. The number of hydrogen-bond acceptors (Lipinski definition) is 3. The van der Waals surface area contributed by atoms with E-state index in [-0.39, 0.29) is 11.2 Å². The van der Waals surface area contributed by atoms with Gasteiger partial charge in [-0.3, -0.25) is 4.79 Å². The van der Waals surface area contributed by atoms with Gasteiger partial charge >= 0.3 is 7.12 Å². The first-order chi connectivity index (χ1) is 7.73. The Bertz CT molecular complexity index is 437. The molecule has 0 spiro atoms. The van der Waals surface area contributed by atoms with Gasteiger partial charge in [-0.05, 0) is 33.8 Å². The quantitative estimate of drug-likeness (QED) is 0.730. The van der Waals surface area contributed by atoms with E-state index in [4.69, 9.17) is 15.0 Å². The number of aromatic nitrogens is 1. The van der Waals surface area contributed by atoms with E-state index in [9.17, 15) is 4.79 Å². The summed E-state index contributed by atoms with van der Waals surface area (Å²) < 4.78 is 11.7. The number of carbonyl (C=O) groups is 1. The number of H-pyrrole nitrogens is 1. The lowest BCUT2D eigenvalue weighted by Gasteiger charge is -2.32. The number of nitrogens with one attached hydrogen (secondary N) is 1. The standard InChI is InChI=1S/C11H17BN2O3/c1-10(2)11(3,4)17-12(16-10)7-5-8(9(13)15)14-6-7/h5-6,14H,1-4H3,(H2,13,15). The minimum atomic E-state index is -0.493. The minimum absolute atomic E-state index is 0.356. The van der Waals surface area contributed by atoms with Crippen LogP contribution in [0.1, 0.15) is 38.2 Å². The van der Waals surface area contributed by atoms with Gasteiger partial charge in [0.25, 0.3) is 5.91 Å². The molecular formula is C11H17BN2O3. The largest absolute Gasteiger partial charge is 0.496 e. The number of carbonyl (C=O) groups excluding carboxylic acids is 1. The van der Waals surface area contributed by atoms with Crippen LogP contribution < -0.4 is 11.2 Å². The number of amides is 1. The summed E-state index contributed by atoms with van der Waals surface area (Å²) in [5.41, 5.74) is 5.54. The average Bonchev–Trinajstić information content (AvgIpc) is 2.70. The van der Waals surface area contributed by atoms with Crippen LogP contribution in [0.25, 0.3) is 0 Å². The van der Waals surface area contributed by atoms with E-state index in [0.29, 0.717) is 5.69 Å². The molecule has 0 saturated carbocycles. The molecule has 2 rings (SSSR count). The Morgan fingerprint density at radius 2 is 1.82 bits per heavy atom. The second kappa shape index (κ2) is 3.61. The van der Waals surface area contributed by atoms with E-state index in [1.165, 1.54) is 0 Å². The Hall–Kier alpha value is -1.27. The van der Waals surface area contributed by atoms with Crippen LogP contribution in [-0.2, 0) is 9.31 Å². The topological polar surface area (TPSA) is 77.3 Å². The lowest BCUT2D eigenvalue weighted by molar-refractivity contribution is 0.00578. The Balaban J connectivity index is 2.23. The molecular weight excluding hydrogens is 219 g/mol. The zero-order valence-corrected chi connectivity index (χ0v) is 10.5. The van der Waals surface area contributed by atoms with Gasteiger partial charge in [-0.25, -0.2) is 0 Å². The summed E-state index contributed by atoms with van der Waals surface area (Å²) in [6.45, 7) is 7.92. The first-order valence-corrected chi connectivity index (χ1v) is 5.57. The fourth-order valence-corrected chi connectivity index (χ4v) is 1.67. The fraction of sp³-hybridized carbons (Fsp3) is 0.545. The maximum Gasteiger partial charge on any atom is 0.496 e. The molecule has 0 atom stereocenters. The third-order valence-electron chi connectivity index (χ3n) is 3.50. The molecule has 1 amide bonds. The zero-order valence-electron chi connectivity index (χ0n) is 10.5. The highest BCUT2D eigenvalue weighted by atomic mass is 16.7. The molecule has 0 aliphatic carbocycles. The molecule has 1 aromatic rings. The van der Waals surface area contributed by atoms with Crippen molar-refractivity contribution in [2.75, 3.05) is 0 Å². The molecule has 1 aliphatic heterocycles. The monoisotopic (exact) mass is 236 g/mol. The third kappa shape index (κ3) is 1.98. The van der Waals surface area contributed by atoms with Gasteiger partial charge in [0.1, 0.15) is 5.69 Å². The van der Waals surface area contributed by atoms with Crippen LogP contribution >= 0.6 is 0 Å². The summed E-state index contributed by atoms with van der Waals surface area (Å²) in [4.78, 5) is 13.8. The van der Waals surface area contributed by atoms with Gasteiger partial charge < -0.3 is 20.0 Å². The van der Waals surface area contributed by atoms with Crippen molar-refractivity contribution in [1.82, 2.24) is 4.98 Å². The molecule has 1 aliphatic rings. The molecule has 1 saturated heterocycles. The second-order valence-corrected chi connectivity index (χ2v) is 5.30. The predicted molar refractivity (Wildman–Crippen MR) is 65.0 cm³/mol. The molecule has 0 aromatic carbocycles. The van der Waals surface area contributed by atoms with Gasteiger partial charge in [0.2, 0.25) is 0 Å². The zero-order chi connectivity index (χ0) is 12.8. The van der Waals surface area contributed by atoms with Gasteiger partial charge in [-0.2, -0.15) is 0 Å². The van der Waals surface area contributed by atoms with Crippen LogP contribution in [0.5, 0.6) is 0 Å². The second-order valence-electron chi connectivity index (χ2n) is 5.30. The van der Waals surface area contributed by atoms with Gasteiger partial charge in [0.15, 0.2) is 0 Å². The third-order valence-corrected chi connectivity index (χ3v) is 3.50. The van der Waals surface area contributed by atoms with Crippen LogP contribution in [0.2, 0.25) is 0 Å². The highest BCUT2D eigenvalue weighted by Gasteiger charge is 2.51. The summed E-state index contributed by atoms with van der Waals surface area (Å²) >= 11 is 0. The van der Waals surface area contributed by atoms with E-state index < -0.39 is 13.0 Å². The van der Waals surface area contributed by atoms with Crippen LogP contribution in [0, 0.1) is 0 Å². The molecule has 1 fully saturated rings. The molecule has 3 N–H and O–H groups in total. The van der Waals surface area contributed by atoms with Crippen molar-refractivity contribution in [2.24, 2.45) is 5.73 Å². The Labute approximate surface area is 101 Å². The molecule has 2 heterocycles. The highest BCUT2D eigenvalue weighted by Crippen LogP contribution is 2.36. The van der Waals surface area contributed by atoms with Gasteiger partial charge in [-0.1, -0.05) is 0 Å². The average molecular weight is 236 g/mol. The summed E-state index contributed by atoms with van der Waals surface area (Å²) in [7, 11) is -0.468. The number of hydrogen-bond donors (Lipinski definition) is 2. The number of rotatable bonds is 2. The van der Waals surface area contributed by atoms with Gasteiger partial charge in [0.05, 0.1) is 11.2 Å². The highest BCUT2D eigenvalue weighted by molar-refractivity contribution is 6.62. The van der Waals surface area contributed by atoms with E-state index in [1.807, 2.05) is 27.7 Å². The van der Waals surface area contributed by atoms with E-state index in [2.05, 4.69) is 4.98 Å². The van der Waals surface area contributed by atoms with Crippen molar-refractivity contribution in [3.8, 4) is 0 Å². The molecule has 17 heavy (non-hydrogen) atoms. The van der Waals surface area contributed by atoms with Crippen molar-refractivity contribution in [3.63, 3.8) is 0 Å². The van der Waals surface area contributed by atoms with Crippen molar-refractivity contribution in [1.29, 1.82) is 0 Å². The molecule has 0 bridgehead atoms. The van der Waals surface area contributed by atoms with Gasteiger partial charge in [0, 0.05) is 11.7 Å². The SMILES string of the molecule is CC1(C)OB(c2c[nH]c(C(N)=O)c2)OC1(C)C. The van der Waals surface area contributed by atoms with E-state index in [0.717, 1.165) is 5.46 Å². The van der Waals surface area contributed by atoms with Crippen LogP contribution in [0.3, 0.4) is 0 Å². The molecule has 92 valence electrons. The van der Waals surface area contributed by atoms with Crippen LogP contribution in [0.4, 0.5) is 0 Å². The minimum Gasteiger partial charge on any atom is -0.399 e. The fourth-order valence-electron chi connectivity index (χ4n) is 1.67. The molecule has 6 heteroatoms. The predicted octanol–water partition coefficient (Wildman–Crippen LogP) is 0.413. The Kier molecular flexibility index (Phi) is 2.59. The summed E-state index contributed by atoms with van der Waals surface area (Å²) in [5.74, 6) is -0.493. The van der Waals surface area contributed by atoms with E-state index in [1.54, 1.807) is 12.3 Å². The van der Waals surface area contributed by atoms with Gasteiger partial charge in [-0.15, -0.1) is 0 Å². The summed E-state index contributed by atoms with van der Waals surface area (Å²) in [6.07, 6.45) is 1.68.